The Balaban J connectivity index is 1.59. The van der Waals surface area contributed by atoms with Crippen LogP contribution >= 0.6 is 0 Å². The quantitative estimate of drug-likeness (QED) is 0.486. The van der Waals surface area contributed by atoms with Crippen molar-refractivity contribution in [3.8, 4) is 11.4 Å². The molecule has 3 rings (SSSR count). The molecule has 1 saturated heterocycles. The van der Waals surface area contributed by atoms with E-state index in [4.69, 9.17) is 14.2 Å². The van der Waals surface area contributed by atoms with Gasteiger partial charge in [-0.3, -0.25) is 0 Å². The van der Waals surface area contributed by atoms with E-state index in [1.54, 1.807) is 7.11 Å². The number of methoxy groups -OCH3 is 1. The zero-order valence-electron chi connectivity index (χ0n) is 18.2. The van der Waals surface area contributed by atoms with Crippen molar-refractivity contribution in [1.29, 1.82) is 0 Å². The predicted molar refractivity (Wildman–Crippen MR) is 114 cm³/mol. The van der Waals surface area contributed by atoms with E-state index < -0.39 is 11.6 Å². The van der Waals surface area contributed by atoms with E-state index in [2.05, 4.69) is 16.9 Å². The van der Waals surface area contributed by atoms with Crippen LogP contribution in [-0.4, -0.2) is 29.5 Å². The Morgan fingerprint density at radius 1 is 0.966 bits per heavy atom. The van der Waals surface area contributed by atoms with E-state index in [0.717, 1.165) is 23.4 Å². The molecule has 1 aliphatic heterocycles. The first-order valence-corrected chi connectivity index (χ1v) is 10.8. The first-order valence-electron chi connectivity index (χ1n) is 10.8. The van der Waals surface area contributed by atoms with Crippen molar-refractivity contribution in [2.45, 2.75) is 77.3 Å². The zero-order chi connectivity index (χ0) is 20.7. The first-order chi connectivity index (χ1) is 14.0. The fourth-order valence-electron chi connectivity index (χ4n) is 3.70. The van der Waals surface area contributed by atoms with Crippen LogP contribution in [0.5, 0.6) is 0 Å². The molecule has 158 valence electrons. The fraction of sp³-hybridized carbons (Fsp3) is 0.583. The molecule has 5 heteroatoms. The summed E-state index contributed by atoms with van der Waals surface area (Å²) >= 11 is 0. The number of ether oxygens (including phenoxy) is 3. The molecule has 0 amide bonds. The van der Waals surface area contributed by atoms with E-state index in [1.165, 1.54) is 44.1 Å². The standard InChI is InChI=1S/C24H34N2O3/c1-5-6-7-8-9-10-11-19-16-25-22(26-17-19)20-12-14-21(15-13-20)24(27-4)18-28-23(2,3)29-24/h12-17H,5-11,18H2,1-4H3/t24-/m1/s1. The Morgan fingerprint density at radius 3 is 2.21 bits per heavy atom. The van der Waals surface area contributed by atoms with Gasteiger partial charge in [0, 0.05) is 30.6 Å². The molecule has 0 saturated carbocycles. The van der Waals surface area contributed by atoms with Crippen molar-refractivity contribution >= 4 is 0 Å². The minimum atomic E-state index is -0.871. The molecule has 2 heterocycles. The summed E-state index contributed by atoms with van der Waals surface area (Å²) in [5.74, 6) is -0.799. The summed E-state index contributed by atoms with van der Waals surface area (Å²) in [6, 6.07) is 8.01. The summed E-state index contributed by atoms with van der Waals surface area (Å²) in [6.07, 6.45) is 12.8. The van der Waals surface area contributed by atoms with Gasteiger partial charge < -0.3 is 14.2 Å². The van der Waals surface area contributed by atoms with E-state index in [-0.39, 0.29) is 0 Å². The molecule has 0 unspecified atom stereocenters. The highest BCUT2D eigenvalue weighted by molar-refractivity contribution is 5.55. The molecule has 0 radical (unpaired) electrons. The highest BCUT2D eigenvalue weighted by Gasteiger charge is 2.47. The molecule has 2 aromatic rings. The van der Waals surface area contributed by atoms with Crippen LogP contribution in [-0.2, 0) is 26.4 Å². The van der Waals surface area contributed by atoms with Crippen molar-refractivity contribution in [3.05, 3.63) is 47.8 Å². The molecular formula is C24H34N2O3. The van der Waals surface area contributed by atoms with Crippen LogP contribution in [0.1, 0.15) is 70.4 Å². The first kappa shape index (κ1) is 21.9. The third-order valence-electron chi connectivity index (χ3n) is 5.46. The van der Waals surface area contributed by atoms with Gasteiger partial charge in [0.25, 0.3) is 0 Å². The summed E-state index contributed by atoms with van der Waals surface area (Å²) in [4.78, 5) is 9.13. The fourth-order valence-corrected chi connectivity index (χ4v) is 3.70. The van der Waals surface area contributed by atoms with Crippen LogP contribution in [0.15, 0.2) is 36.7 Å². The van der Waals surface area contributed by atoms with Crippen LogP contribution < -0.4 is 0 Å². The number of nitrogens with zero attached hydrogens (tertiary/aromatic N) is 2. The molecule has 1 aliphatic rings. The number of unbranched alkanes of at least 4 members (excludes halogenated alkanes) is 5. The zero-order valence-corrected chi connectivity index (χ0v) is 18.2. The van der Waals surface area contributed by atoms with Gasteiger partial charge >= 0.3 is 0 Å². The molecule has 0 bridgehead atoms. The van der Waals surface area contributed by atoms with Crippen molar-refractivity contribution in [1.82, 2.24) is 9.97 Å². The van der Waals surface area contributed by atoms with Gasteiger partial charge in [0.2, 0.25) is 5.79 Å². The lowest BCUT2D eigenvalue weighted by molar-refractivity contribution is -0.249. The number of benzene rings is 1. The van der Waals surface area contributed by atoms with Crippen LogP contribution in [0.25, 0.3) is 11.4 Å². The van der Waals surface area contributed by atoms with E-state index >= 15 is 0 Å². The number of rotatable bonds is 10. The van der Waals surface area contributed by atoms with Crippen LogP contribution in [0.4, 0.5) is 0 Å². The second kappa shape index (κ2) is 9.79. The summed E-state index contributed by atoms with van der Waals surface area (Å²) in [5.41, 5.74) is 3.11. The lowest BCUT2D eigenvalue weighted by Crippen LogP contribution is -2.33. The molecule has 1 fully saturated rings. The van der Waals surface area contributed by atoms with Crippen LogP contribution in [0, 0.1) is 0 Å². The van der Waals surface area contributed by atoms with Gasteiger partial charge in [-0.25, -0.2) is 9.97 Å². The van der Waals surface area contributed by atoms with Gasteiger partial charge in [0.15, 0.2) is 11.6 Å². The van der Waals surface area contributed by atoms with Gasteiger partial charge in [-0.05, 0) is 32.3 Å². The number of aryl methyl sites for hydroxylation is 1. The molecule has 0 N–H and O–H groups in total. The summed E-state index contributed by atoms with van der Waals surface area (Å²) < 4.78 is 17.4. The van der Waals surface area contributed by atoms with Gasteiger partial charge in [0.1, 0.15) is 6.61 Å². The Kier molecular flexibility index (Phi) is 7.38. The molecule has 1 atom stereocenters. The Morgan fingerprint density at radius 2 is 1.62 bits per heavy atom. The highest BCUT2D eigenvalue weighted by atomic mass is 16.8. The molecule has 0 aliphatic carbocycles. The lowest BCUT2D eigenvalue weighted by Gasteiger charge is -2.28. The largest absolute Gasteiger partial charge is 0.347 e. The summed E-state index contributed by atoms with van der Waals surface area (Å²) in [7, 11) is 1.64. The second-order valence-electron chi connectivity index (χ2n) is 8.26. The van der Waals surface area contributed by atoms with Crippen LogP contribution in [0.3, 0.4) is 0 Å². The summed E-state index contributed by atoms with van der Waals surface area (Å²) in [6.45, 7) is 6.39. The van der Waals surface area contributed by atoms with Crippen molar-refractivity contribution in [2.24, 2.45) is 0 Å². The van der Waals surface area contributed by atoms with Crippen molar-refractivity contribution in [2.75, 3.05) is 13.7 Å². The van der Waals surface area contributed by atoms with E-state index in [9.17, 15) is 0 Å². The Hall–Kier alpha value is -1.82. The smallest absolute Gasteiger partial charge is 0.221 e. The molecule has 29 heavy (non-hydrogen) atoms. The van der Waals surface area contributed by atoms with Gasteiger partial charge in [0.05, 0.1) is 0 Å². The number of hydrogen-bond donors (Lipinski definition) is 0. The van der Waals surface area contributed by atoms with Gasteiger partial charge in [-0.1, -0.05) is 63.3 Å². The third kappa shape index (κ3) is 5.62. The highest BCUT2D eigenvalue weighted by Crippen LogP contribution is 2.39. The van der Waals surface area contributed by atoms with Crippen LogP contribution in [0.2, 0.25) is 0 Å². The average molecular weight is 399 g/mol. The topological polar surface area (TPSA) is 53.5 Å². The number of aromatic nitrogens is 2. The van der Waals surface area contributed by atoms with Gasteiger partial charge in [-0.15, -0.1) is 0 Å². The third-order valence-corrected chi connectivity index (χ3v) is 5.46. The second-order valence-corrected chi connectivity index (χ2v) is 8.26. The molecular weight excluding hydrogens is 364 g/mol. The Bertz CT molecular complexity index is 759. The van der Waals surface area contributed by atoms with Crippen molar-refractivity contribution < 1.29 is 14.2 Å². The SMILES string of the molecule is CCCCCCCCc1cnc(-c2ccc([C@@]3(OC)COC(C)(C)O3)cc2)nc1. The maximum atomic E-state index is 6.03. The lowest BCUT2D eigenvalue weighted by atomic mass is 10.0. The van der Waals surface area contributed by atoms with E-state index in [0.29, 0.717) is 6.61 Å². The Labute approximate surface area is 174 Å². The van der Waals surface area contributed by atoms with E-state index in [1.807, 2.05) is 50.5 Å². The maximum Gasteiger partial charge on any atom is 0.221 e. The number of hydrogen-bond acceptors (Lipinski definition) is 5. The molecule has 5 nitrogen and oxygen atoms in total. The van der Waals surface area contributed by atoms with Crippen molar-refractivity contribution in [3.63, 3.8) is 0 Å². The predicted octanol–water partition coefficient (Wildman–Crippen LogP) is 5.63. The minimum absolute atomic E-state index is 0.361. The average Bonchev–Trinajstić information content (AvgIpc) is 3.07. The normalized spacial score (nSPS) is 20.8. The molecule has 1 aromatic carbocycles. The molecule has 1 aromatic heterocycles. The summed E-state index contributed by atoms with van der Waals surface area (Å²) in [5, 5.41) is 0. The minimum Gasteiger partial charge on any atom is -0.347 e. The van der Waals surface area contributed by atoms with Gasteiger partial charge in [-0.2, -0.15) is 0 Å². The monoisotopic (exact) mass is 398 g/mol. The molecule has 0 spiro atoms. The maximum absolute atomic E-state index is 6.03.